The Morgan fingerprint density at radius 2 is 1.06 bits per heavy atom. The van der Waals surface area contributed by atoms with Gasteiger partial charge in [0.2, 0.25) is 0 Å². The molecule has 0 N–H and O–H groups in total. The summed E-state index contributed by atoms with van der Waals surface area (Å²) >= 11 is 0. The zero-order valence-electron chi connectivity index (χ0n) is 26.2. The molecule has 3 heteroatoms. The number of pyridine rings is 2. The Morgan fingerprint density at radius 3 is 1.85 bits per heavy atom. The van der Waals surface area contributed by atoms with E-state index in [-0.39, 0.29) is 0 Å². The molecule has 3 aromatic heterocycles. The van der Waals surface area contributed by atoms with Crippen molar-refractivity contribution in [3.63, 3.8) is 0 Å². The van der Waals surface area contributed by atoms with E-state index in [0.717, 1.165) is 22.6 Å². The van der Waals surface area contributed by atoms with Crippen molar-refractivity contribution in [2.24, 2.45) is 0 Å². The summed E-state index contributed by atoms with van der Waals surface area (Å²) in [5.74, 6) is 0. The lowest BCUT2D eigenvalue weighted by Crippen LogP contribution is -2.10. The Balaban J connectivity index is 1.20. The van der Waals surface area contributed by atoms with E-state index in [1.807, 2.05) is 12.4 Å². The lowest BCUT2D eigenvalue weighted by atomic mass is 9.97. The fraction of sp³-hybridized carbons (Fsp3) is 0. The summed E-state index contributed by atoms with van der Waals surface area (Å²) in [4.78, 5) is 6.60. The molecule has 0 amide bonds. The molecule has 0 atom stereocenters. The second kappa shape index (κ2) is 11.7. The molecule has 3 nitrogen and oxygen atoms in total. The minimum absolute atomic E-state index is 1.06. The van der Waals surface area contributed by atoms with E-state index in [0.29, 0.717) is 0 Å². The third kappa shape index (κ3) is 4.81. The van der Waals surface area contributed by atoms with Gasteiger partial charge in [-0.15, -0.1) is 0 Å². The summed E-state index contributed by atoms with van der Waals surface area (Å²) in [6.45, 7) is 0. The van der Waals surface area contributed by atoms with Crippen LogP contribution in [0.3, 0.4) is 0 Å². The Kier molecular flexibility index (Phi) is 6.80. The molecule has 0 bridgehead atoms. The van der Waals surface area contributed by atoms with Crippen LogP contribution in [-0.4, -0.2) is 9.38 Å². The SMILES string of the molecule is c1ccc(-c2ccc(N(c3ccncc3)c3cccc(-c4ccn5c(c4)c(-c4ccccc4)c4c6ccccc6ccc45)c3)cc2)cc1. The molecule has 0 aliphatic carbocycles. The van der Waals surface area contributed by atoms with Gasteiger partial charge in [-0.25, -0.2) is 0 Å². The summed E-state index contributed by atoms with van der Waals surface area (Å²) in [6.07, 6.45) is 5.93. The number of nitrogens with zero attached hydrogens (tertiary/aromatic N) is 3. The molecular formula is C45H31N3. The maximum absolute atomic E-state index is 4.30. The highest BCUT2D eigenvalue weighted by Crippen LogP contribution is 2.42. The number of fused-ring (bicyclic) bond motifs is 5. The number of benzene rings is 6. The molecule has 0 aliphatic rings. The third-order valence-electron chi connectivity index (χ3n) is 9.28. The number of anilines is 3. The zero-order valence-corrected chi connectivity index (χ0v) is 26.2. The predicted octanol–water partition coefficient (Wildman–Crippen LogP) is 12.1. The van der Waals surface area contributed by atoms with Gasteiger partial charge in [-0.1, -0.05) is 115 Å². The number of hydrogen-bond donors (Lipinski definition) is 0. The van der Waals surface area contributed by atoms with Crippen LogP contribution < -0.4 is 4.90 Å². The molecule has 48 heavy (non-hydrogen) atoms. The topological polar surface area (TPSA) is 20.5 Å². The van der Waals surface area contributed by atoms with Gasteiger partial charge in [0.15, 0.2) is 0 Å². The summed E-state index contributed by atoms with van der Waals surface area (Å²) in [5, 5.41) is 3.81. The standard InChI is InChI=1S/C45H31N3/c1-3-10-32(11-4-1)33-18-21-38(22-19-33)48(39-24-27-46-28-25-39)40-16-9-15-36(30-40)37-26-29-47-42-23-20-34-12-7-8-17-41(34)45(42)44(43(47)31-37)35-13-5-2-6-14-35/h1-31H. The second-order valence-electron chi connectivity index (χ2n) is 12.1. The molecule has 0 radical (unpaired) electrons. The smallest absolute Gasteiger partial charge is 0.0547 e. The monoisotopic (exact) mass is 613 g/mol. The van der Waals surface area contributed by atoms with Crippen LogP contribution in [0.25, 0.3) is 60.6 Å². The van der Waals surface area contributed by atoms with E-state index in [2.05, 4.69) is 190 Å². The van der Waals surface area contributed by atoms with E-state index in [1.165, 1.54) is 55.0 Å². The first-order chi connectivity index (χ1) is 23.8. The lowest BCUT2D eigenvalue weighted by molar-refractivity contribution is 1.24. The first kappa shape index (κ1) is 27.8. The molecule has 0 fully saturated rings. The van der Waals surface area contributed by atoms with Crippen molar-refractivity contribution in [2.75, 3.05) is 4.90 Å². The number of hydrogen-bond acceptors (Lipinski definition) is 2. The van der Waals surface area contributed by atoms with Gasteiger partial charge in [0.1, 0.15) is 0 Å². The fourth-order valence-electron chi connectivity index (χ4n) is 7.03. The molecule has 226 valence electrons. The van der Waals surface area contributed by atoms with Crippen LogP contribution in [0.5, 0.6) is 0 Å². The maximum atomic E-state index is 4.30. The van der Waals surface area contributed by atoms with E-state index in [9.17, 15) is 0 Å². The van der Waals surface area contributed by atoms with Crippen molar-refractivity contribution in [1.82, 2.24) is 9.38 Å². The molecule has 9 aromatic rings. The van der Waals surface area contributed by atoms with E-state index in [1.54, 1.807) is 0 Å². The molecule has 0 saturated carbocycles. The van der Waals surface area contributed by atoms with Crippen LogP contribution in [0.4, 0.5) is 17.1 Å². The Bertz CT molecular complexity index is 2540. The highest BCUT2D eigenvalue weighted by molar-refractivity contribution is 6.18. The summed E-state index contributed by atoms with van der Waals surface area (Å²) in [6, 6.07) is 60.8. The number of aromatic nitrogens is 2. The van der Waals surface area contributed by atoms with Crippen LogP contribution in [0.1, 0.15) is 0 Å². The largest absolute Gasteiger partial charge is 0.316 e. The lowest BCUT2D eigenvalue weighted by Gasteiger charge is -2.26. The summed E-state index contributed by atoms with van der Waals surface area (Å²) in [5.41, 5.74) is 12.8. The van der Waals surface area contributed by atoms with Gasteiger partial charge in [-0.05, 0) is 93.2 Å². The van der Waals surface area contributed by atoms with E-state index < -0.39 is 0 Å². The molecular weight excluding hydrogens is 583 g/mol. The minimum atomic E-state index is 1.06. The van der Waals surface area contributed by atoms with Gasteiger partial charge in [0.05, 0.1) is 11.0 Å². The summed E-state index contributed by atoms with van der Waals surface area (Å²) < 4.78 is 2.34. The quantitative estimate of drug-likeness (QED) is 0.186. The average Bonchev–Trinajstić information content (AvgIpc) is 3.51. The molecule has 0 saturated heterocycles. The highest BCUT2D eigenvalue weighted by Gasteiger charge is 2.18. The van der Waals surface area contributed by atoms with Gasteiger partial charge in [0.25, 0.3) is 0 Å². The highest BCUT2D eigenvalue weighted by atomic mass is 15.1. The van der Waals surface area contributed by atoms with Crippen molar-refractivity contribution in [3.8, 4) is 33.4 Å². The summed E-state index contributed by atoms with van der Waals surface area (Å²) in [7, 11) is 0. The molecule has 3 heterocycles. The van der Waals surface area contributed by atoms with Gasteiger partial charge < -0.3 is 9.30 Å². The first-order valence-corrected chi connectivity index (χ1v) is 16.3. The predicted molar refractivity (Wildman–Crippen MR) is 201 cm³/mol. The van der Waals surface area contributed by atoms with Crippen LogP contribution in [0.15, 0.2) is 188 Å². The van der Waals surface area contributed by atoms with Gasteiger partial charge in [-0.3, -0.25) is 4.98 Å². The average molecular weight is 614 g/mol. The van der Waals surface area contributed by atoms with E-state index >= 15 is 0 Å². The van der Waals surface area contributed by atoms with Crippen LogP contribution in [-0.2, 0) is 0 Å². The van der Waals surface area contributed by atoms with Crippen LogP contribution >= 0.6 is 0 Å². The van der Waals surface area contributed by atoms with E-state index in [4.69, 9.17) is 0 Å². The molecule has 9 rings (SSSR count). The Morgan fingerprint density at radius 1 is 0.417 bits per heavy atom. The zero-order chi connectivity index (χ0) is 31.9. The normalized spacial score (nSPS) is 11.3. The van der Waals surface area contributed by atoms with Crippen LogP contribution in [0, 0.1) is 0 Å². The second-order valence-corrected chi connectivity index (χ2v) is 12.1. The van der Waals surface area contributed by atoms with Crippen molar-refractivity contribution < 1.29 is 0 Å². The number of rotatable bonds is 6. The first-order valence-electron chi connectivity index (χ1n) is 16.3. The van der Waals surface area contributed by atoms with Crippen molar-refractivity contribution in [3.05, 3.63) is 188 Å². The van der Waals surface area contributed by atoms with Crippen molar-refractivity contribution in [2.45, 2.75) is 0 Å². The molecule has 0 spiro atoms. The molecule has 0 aliphatic heterocycles. The Hall–Kier alpha value is -6.45. The van der Waals surface area contributed by atoms with Gasteiger partial charge >= 0.3 is 0 Å². The van der Waals surface area contributed by atoms with Gasteiger partial charge in [0, 0.05) is 46.6 Å². The Labute approximate surface area is 279 Å². The van der Waals surface area contributed by atoms with Crippen molar-refractivity contribution in [1.29, 1.82) is 0 Å². The third-order valence-corrected chi connectivity index (χ3v) is 9.28. The fourth-order valence-corrected chi connectivity index (χ4v) is 7.03. The molecule has 6 aromatic carbocycles. The maximum Gasteiger partial charge on any atom is 0.0547 e. The van der Waals surface area contributed by atoms with Crippen LogP contribution in [0.2, 0.25) is 0 Å². The van der Waals surface area contributed by atoms with Crippen molar-refractivity contribution >= 4 is 44.3 Å². The molecule has 0 unspecified atom stereocenters. The minimum Gasteiger partial charge on any atom is -0.316 e. The van der Waals surface area contributed by atoms with Gasteiger partial charge in [-0.2, -0.15) is 0 Å².